The molecule has 0 atom stereocenters. The van der Waals surface area contributed by atoms with Gasteiger partial charge in [0.25, 0.3) is 0 Å². The molecule has 8 aromatic rings. The van der Waals surface area contributed by atoms with Crippen LogP contribution in [0.1, 0.15) is 47.9 Å². The Morgan fingerprint density at radius 2 is 0.575 bits per heavy atom. The topological polar surface area (TPSA) is 64.6 Å². The van der Waals surface area contributed by atoms with Gasteiger partial charge in [-0.05, 0) is 0 Å². The molecule has 0 aliphatic carbocycles. The summed E-state index contributed by atoms with van der Waals surface area (Å²) in [5, 5.41) is 4.25. The van der Waals surface area contributed by atoms with Gasteiger partial charge in [0, 0.05) is 0 Å². The van der Waals surface area contributed by atoms with Gasteiger partial charge in [-0.2, -0.15) is 0 Å². The molecule has 0 aromatic heterocycles. The molecule has 0 saturated carbocycles. The van der Waals surface area contributed by atoms with Crippen LogP contribution in [0.3, 0.4) is 0 Å². The minimum atomic E-state index is -4.15. The van der Waals surface area contributed by atoms with Crippen molar-refractivity contribution < 1.29 is 32.7 Å². The molecule has 0 fully saturated rings. The van der Waals surface area contributed by atoms with Crippen LogP contribution in [0.2, 0.25) is 0 Å². The van der Waals surface area contributed by atoms with Crippen molar-refractivity contribution in [3.05, 3.63) is 241 Å². The fraction of sp³-hybridized carbons (Fsp3) is 0.250. The third kappa shape index (κ3) is 13.1. The molecule has 0 spiro atoms. The molecule has 0 heterocycles. The van der Waals surface area contributed by atoms with Crippen molar-refractivity contribution in [1.82, 2.24) is 0 Å². The van der Waals surface area contributed by atoms with E-state index >= 15 is 0 Å². The molecule has 0 N–H and O–H groups in total. The predicted molar refractivity (Wildman–Crippen MR) is 302 cm³/mol. The Balaban J connectivity index is 1.12. The quantitative estimate of drug-likeness (QED) is 0.0275. The van der Waals surface area contributed by atoms with Crippen LogP contribution in [-0.2, 0) is 39.4 Å². The van der Waals surface area contributed by atoms with Gasteiger partial charge in [-0.1, -0.05) is 0 Å². The van der Waals surface area contributed by atoms with E-state index in [9.17, 15) is 0 Å². The van der Waals surface area contributed by atoms with E-state index in [-0.39, 0.29) is 0 Å². The standard InChI is InChI=1S/C64H70BO7P/c1-66-57-37-29-51(30-38-57)47-55(48-52-31-39-58(67-2)40-32-52)19-17-45-70-65(71-46-18-20-56(49-53-33-41-59(68-3)42-34-53)50-54-35-43-60(69-4)44-36-54)72-73(61-21-9-5-10-22-61,62-23-11-6-12-24-62,63-25-13-7-14-26-63)64-27-15-8-16-28-64/h5-16,21-44,55-56H,17-20,45-50H2,1-4H3. The van der Waals surface area contributed by atoms with Crippen LogP contribution < -0.4 is 40.2 Å². The first-order chi connectivity index (χ1) is 35.9. The van der Waals surface area contributed by atoms with Gasteiger partial charge in [-0.15, -0.1) is 0 Å². The van der Waals surface area contributed by atoms with E-state index in [1.807, 2.05) is 48.5 Å². The number of hydrogen-bond acceptors (Lipinski definition) is 7. The molecule has 73 heavy (non-hydrogen) atoms. The third-order valence-corrected chi connectivity index (χ3v) is 19.8. The molecule has 8 rings (SSSR count). The molecule has 9 heteroatoms. The average molecular weight is 993 g/mol. The number of ether oxygens (including phenoxy) is 4. The van der Waals surface area contributed by atoms with Crippen LogP contribution >= 0.6 is 6.83 Å². The number of benzene rings is 8. The van der Waals surface area contributed by atoms with Gasteiger partial charge in [0.05, 0.1) is 28.4 Å². The zero-order chi connectivity index (χ0) is 50.6. The van der Waals surface area contributed by atoms with Crippen molar-refractivity contribution in [2.75, 3.05) is 41.7 Å². The maximum absolute atomic E-state index is 8.09. The molecule has 0 amide bonds. The summed E-state index contributed by atoms with van der Waals surface area (Å²) in [6.45, 7) is -3.28. The van der Waals surface area contributed by atoms with E-state index in [2.05, 4.69) is 170 Å². The molecule has 0 saturated heterocycles. The molecule has 0 bridgehead atoms. The van der Waals surface area contributed by atoms with E-state index in [4.69, 9.17) is 32.7 Å². The van der Waals surface area contributed by atoms with Gasteiger partial charge in [0.1, 0.15) is 0 Å². The monoisotopic (exact) mass is 992 g/mol. The van der Waals surface area contributed by atoms with Gasteiger partial charge >= 0.3 is 389 Å². The molecule has 0 unspecified atom stereocenters. The van der Waals surface area contributed by atoms with Crippen LogP contribution in [0.15, 0.2) is 218 Å². The fourth-order valence-corrected chi connectivity index (χ4v) is 16.0. The number of hydrogen-bond donors (Lipinski definition) is 0. The summed E-state index contributed by atoms with van der Waals surface area (Å²) in [5.74, 6) is 4.12. The second-order valence-corrected chi connectivity index (χ2v) is 23.1. The summed E-state index contributed by atoms with van der Waals surface area (Å²) in [6.07, 6.45) is 7.14. The van der Waals surface area contributed by atoms with Crippen molar-refractivity contribution >= 4 is 35.4 Å². The molecular formula is C64H70BO7P. The SMILES string of the molecule is COc1ccc(CC(CCCOB(OCCCC(Cc2ccc(OC)cc2)Cc2ccc(OC)cc2)OP(c2ccccc2)(c2ccccc2)(c2ccccc2)c2ccccc2)Cc2ccc(OC)cc2)cc1. The molecule has 7 nitrogen and oxygen atoms in total. The van der Waals surface area contributed by atoms with Crippen LogP contribution in [0, 0.1) is 11.8 Å². The predicted octanol–water partition coefficient (Wildman–Crippen LogP) is 12.6. The Bertz CT molecular complexity index is 2440. The summed E-state index contributed by atoms with van der Waals surface area (Å²) in [7, 11) is 5.81. The van der Waals surface area contributed by atoms with Crippen LogP contribution in [0.4, 0.5) is 0 Å². The van der Waals surface area contributed by atoms with Gasteiger partial charge in [-0.25, -0.2) is 0 Å². The maximum atomic E-state index is 8.09. The van der Waals surface area contributed by atoms with Crippen molar-refractivity contribution in [2.24, 2.45) is 11.8 Å². The molecule has 0 aliphatic rings. The summed E-state index contributed by atoms with van der Waals surface area (Å²) >= 11 is 0. The number of rotatable bonds is 28. The van der Waals surface area contributed by atoms with Crippen molar-refractivity contribution in [3.63, 3.8) is 0 Å². The Morgan fingerprint density at radius 3 is 0.808 bits per heavy atom. The van der Waals surface area contributed by atoms with Gasteiger partial charge in [0.15, 0.2) is 0 Å². The van der Waals surface area contributed by atoms with Crippen molar-refractivity contribution in [3.8, 4) is 23.0 Å². The second kappa shape index (κ2) is 26.3. The zero-order valence-electron chi connectivity index (χ0n) is 42.9. The van der Waals surface area contributed by atoms with E-state index in [0.29, 0.717) is 25.0 Å². The van der Waals surface area contributed by atoms with Gasteiger partial charge < -0.3 is 18.9 Å². The Labute approximate surface area is 434 Å². The zero-order valence-corrected chi connectivity index (χ0v) is 43.8. The summed E-state index contributed by atoms with van der Waals surface area (Å²) in [6, 6.07) is 76.7. The second-order valence-electron chi connectivity index (χ2n) is 18.7. The van der Waals surface area contributed by atoms with Gasteiger partial charge in [0.2, 0.25) is 0 Å². The minimum absolute atomic E-state index is 0.348. The summed E-state index contributed by atoms with van der Waals surface area (Å²) in [5.41, 5.74) is 5.10. The first-order valence-electron chi connectivity index (χ1n) is 25.6. The van der Waals surface area contributed by atoms with E-state index < -0.39 is 14.2 Å². The van der Waals surface area contributed by atoms with Crippen LogP contribution in [-0.4, -0.2) is 49.0 Å². The molecule has 0 radical (unpaired) electrons. The molecule has 0 aliphatic heterocycles. The van der Waals surface area contributed by atoms with E-state index in [1.54, 1.807) is 28.4 Å². The number of methoxy groups -OCH3 is 4. The van der Waals surface area contributed by atoms with E-state index in [0.717, 1.165) is 95.6 Å². The average Bonchev–Trinajstić information content (AvgIpc) is 3.46. The fourth-order valence-electron chi connectivity index (χ4n) is 10.3. The molecular weight excluding hydrogens is 922 g/mol. The van der Waals surface area contributed by atoms with Crippen molar-refractivity contribution in [2.45, 2.75) is 51.4 Å². The van der Waals surface area contributed by atoms with E-state index in [1.165, 1.54) is 22.3 Å². The Hall–Kier alpha value is -6.67. The first kappa shape index (κ1) is 52.7. The van der Waals surface area contributed by atoms with Gasteiger partial charge in [-0.3, -0.25) is 0 Å². The first-order valence-corrected chi connectivity index (χ1v) is 27.8. The van der Waals surface area contributed by atoms with Crippen LogP contribution in [0.5, 0.6) is 23.0 Å². The van der Waals surface area contributed by atoms with Crippen molar-refractivity contribution in [1.29, 1.82) is 0 Å². The Kier molecular flexibility index (Phi) is 19.0. The molecule has 8 aromatic carbocycles. The normalized spacial score (nSPS) is 12.0. The summed E-state index contributed by atoms with van der Waals surface area (Å²) < 4.78 is 44.3. The summed E-state index contributed by atoms with van der Waals surface area (Å²) in [4.78, 5) is 0. The van der Waals surface area contributed by atoms with Crippen LogP contribution in [0.25, 0.3) is 0 Å². The molecule has 376 valence electrons. The Morgan fingerprint density at radius 1 is 0.329 bits per heavy atom. The third-order valence-electron chi connectivity index (χ3n) is 14.0.